The van der Waals surface area contributed by atoms with Gasteiger partial charge in [0, 0.05) is 43.6 Å². The molecular formula is C22H18FN5O2. The van der Waals surface area contributed by atoms with Crippen LogP contribution in [0, 0.1) is 11.2 Å². The molecule has 150 valence electrons. The molecule has 4 rings (SSSR count). The Morgan fingerprint density at radius 2 is 1.97 bits per heavy atom. The number of anilines is 1. The van der Waals surface area contributed by atoms with Crippen LogP contribution in [0.4, 0.5) is 15.8 Å². The van der Waals surface area contributed by atoms with Crippen LogP contribution in [0.3, 0.4) is 0 Å². The maximum absolute atomic E-state index is 14.8. The quantitative estimate of drug-likeness (QED) is 0.506. The van der Waals surface area contributed by atoms with Crippen molar-refractivity contribution in [2.75, 3.05) is 11.4 Å². The molecule has 0 aliphatic carbocycles. The lowest BCUT2D eigenvalue weighted by molar-refractivity contribution is -0.122. The third-order valence-electron chi connectivity index (χ3n) is 4.74. The summed E-state index contributed by atoms with van der Waals surface area (Å²) in [6.07, 6.45) is 3.09. The number of aromatic nitrogens is 2. The van der Waals surface area contributed by atoms with Crippen molar-refractivity contribution < 1.29 is 9.18 Å². The van der Waals surface area contributed by atoms with E-state index >= 15 is 0 Å². The minimum absolute atomic E-state index is 0.0423. The standard InChI is InChI=1S/C22H18FN5O2/c23-17-14-16(27-12-10-21(27)30)6-7-19(17)28-13-9-20(29)22(26-28)18(8-11-24)25-15-4-2-1-3-5-15/h1-7,9,11,13-14,24H,8,10,12H2. The summed E-state index contributed by atoms with van der Waals surface area (Å²) in [6.45, 7) is 0.570. The van der Waals surface area contributed by atoms with E-state index in [4.69, 9.17) is 5.41 Å². The van der Waals surface area contributed by atoms with Crippen LogP contribution in [0.15, 0.2) is 70.6 Å². The third kappa shape index (κ3) is 3.80. The molecule has 0 bridgehead atoms. The van der Waals surface area contributed by atoms with Gasteiger partial charge >= 0.3 is 0 Å². The zero-order valence-electron chi connectivity index (χ0n) is 16.0. The van der Waals surface area contributed by atoms with Gasteiger partial charge in [-0.05, 0) is 30.3 Å². The molecule has 1 N–H and O–H groups in total. The minimum Gasteiger partial charge on any atom is -0.313 e. The molecule has 1 saturated heterocycles. The van der Waals surface area contributed by atoms with Crippen LogP contribution in [0.2, 0.25) is 0 Å². The van der Waals surface area contributed by atoms with Crippen molar-refractivity contribution in [1.29, 1.82) is 5.41 Å². The molecular weight excluding hydrogens is 385 g/mol. The minimum atomic E-state index is -0.567. The van der Waals surface area contributed by atoms with Crippen LogP contribution in [-0.2, 0) is 4.79 Å². The van der Waals surface area contributed by atoms with Crippen LogP contribution in [0.1, 0.15) is 18.5 Å². The summed E-state index contributed by atoms with van der Waals surface area (Å²) in [7, 11) is 0. The molecule has 2 heterocycles. The van der Waals surface area contributed by atoms with Crippen molar-refractivity contribution in [3.63, 3.8) is 0 Å². The van der Waals surface area contributed by atoms with Gasteiger partial charge in [0.1, 0.15) is 5.69 Å². The topological polar surface area (TPSA) is 91.4 Å². The Hall–Kier alpha value is -3.94. The maximum atomic E-state index is 14.8. The molecule has 30 heavy (non-hydrogen) atoms. The number of nitrogens with zero attached hydrogens (tertiary/aromatic N) is 4. The number of hydrogen-bond acceptors (Lipinski definition) is 5. The zero-order chi connectivity index (χ0) is 21.1. The maximum Gasteiger partial charge on any atom is 0.228 e. The van der Waals surface area contributed by atoms with Gasteiger partial charge in [-0.25, -0.2) is 9.07 Å². The number of hydrogen-bond donors (Lipinski definition) is 1. The lowest BCUT2D eigenvalue weighted by Crippen LogP contribution is -2.43. The second-order valence-electron chi connectivity index (χ2n) is 6.71. The zero-order valence-corrected chi connectivity index (χ0v) is 16.0. The Balaban J connectivity index is 1.74. The highest BCUT2D eigenvalue weighted by molar-refractivity contribution is 6.06. The molecule has 1 aliphatic heterocycles. The van der Waals surface area contributed by atoms with E-state index in [-0.39, 0.29) is 29.1 Å². The molecule has 0 spiro atoms. The largest absolute Gasteiger partial charge is 0.313 e. The van der Waals surface area contributed by atoms with Gasteiger partial charge in [0.15, 0.2) is 11.5 Å². The van der Waals surface area contributed by atoms with E-state index in [0.29, 0.717) is 30.1 Å². The summed E-state index contributed by atoms with van der Waals surface area (Å²) < 4.78 is 16.0. The molecule has 8 heteroatoms. The lowest BCUT2D eigenvalue weighted by Gasteiger charge is -2.30. The first kappa shape index (κ1) is 19.4. The number of aliphatic imine (C=N–C) groups is 1. The van der Waals surface area contributed by atoms with Gasteiger partial charge in [-0.3, -0.25) is 14.6 Å². The number of β-lactam (4-membered cyclic amide) rings is 1. The number of amides is 1. The lowest BCUT2D eigenvalue weighted by atomic mass is 10.1. The van der Waals surface area contributed by atoms with Crippen molar-refractivity contribution in [2.24, 2.45) is 4.99 Å². The van der Waals surface area contributed by atoms with Crippen molar-refractivity contribution >= 4 is 29.2 Å². The summed E-state index contributed by atoms with van der Waals surface area (Å²) in [5.74, 6) is -0.609. The Bertz CT molecular complexity index is 1200. The van der Waals surface area contributed by atoms with E-state index in [1.165, 1.54) is 34.0 Å². The molecule has 1 aliphatic rings. The van der Waals surface area contributed by atoms with Crippen LogP contribution in [0.5, 0.6) is 0 Å². The average Bonchev–Trinajstić information content (AvgIpc) is 2.74. The first-order chi connectivity index (χ1) is 14.6. The SMILES string of the molecule is N=CCC(=Nc1ccccc1)c1nn(-c2ccc(N3CCC3=O)cc2F)ccc1=O. The normalized spacial score (nSPS) is 13.8. The van der Waals surface area contributed by atoms with Crippen LogP contribution in [0.25, 0.3) is 5.69 Å². The van der Waals surface area contributed by atoms with E-state index in [1.54, 1.807) is 18.2 Å². The highest BCUT2D eigenvalue weighted by Crippen LogP contribution is 2.25. The number of carbonyl (C=O) groups excluding carboxylic acids is 1. The van der Waals surface area contributed by atoms with Gasteiger partial charge in [-0.2, -0.15) is 5.10 Å². The molecule has 0 unspecified atom stereocenters. The van der Waals surface area contributed by atoms with Gasteiger partial charge in [0.05, 0.1) is 11.4 Å². The fourth-order valence-corrected chi connectivity index (χ4v) is 3.13. The molecule has 3 aromatic rings. The molecule has 1 aromatic heterocycles. The molecule has 7 nitrogen and oxygen atoms in total. The van der Waals surface area contributed by atoms with Gasteiger partial charge in [-0.15, -0.1) is 0 Å². The van der Waals surface area contributed by atoms with Gasteiger partial charge in [0.25, 0.3) is 0 Å². The number of halogens is 1. The predicted molar refractivity (Wildman–Crippen MR) is 113 cm³/mol. The Labute approximate surface area is 171 Å². The Morgan fingerprint density at radius 1 is 1.17 bits per heavy atom. The third-order valence-corrected chi connectivity index (χ3v) is 4.74. The van der Waals surface area contributed by atoms with Crippen LogP contribution < -0.4 is 10.3 Å². The van der Waals surface area contributed by atoms with Crippen molar-refractivity contribution in [3.05, 3.63) is 82.5 Å². The van der Waals surface area contributed by atoms with Gasteiger partial charge < -0.3 is 10.3 Å². The van der Waals surface area contributed by atoms with Crippen LogP contribution in [-0.4, -0.2) is 34.2 Å². The number of rotatable bonds is 6. The molecule has 0 saturated carbocycles. The number of nitrogens with one attached hydrogen (secondary N) is 1. The van der Waals surface area contributed by atoms with E-state index in [0.717, 1.165) is 6.21 Å². The highest BCUT2D eigenvalue weighted by Gasteiger charge is 2.26. The highest BCUT2D eigenvalue weighted by atomic mass is 19.1. The van der Waals surface area contributed by atoms with E-state index < -0.39 is 5.82 Å². The fraction of sp³-hybridized carbons (Fsp3) is 0.136. The van der Waals surface area contributed by atoms with Crippen molar-refractivity contribution in [3.8, 4) is 5.69 Å². The summed E-state index contributed by atoms with van der Waals surface area (Å²) in [4.78, 5) is 30.0. The van der Waals surface area contributed by atoms with Gasteiger partial charge in [0.2, 0.25) is 11.3 Å². The molecule has 1 amide bonds. The van der Waals surface area contributed by atoms with E-state index in [2.05, 4.69) is 10.1 Å². The average molecular weight is 403 g/mol. The van der Waals surface area contributed by atoms with Crippen molar-refractivity contribution in [2.45, 2.75) is 12.8 Å². The second-order valence-corrected chi connectivity index (χ2v) is 6.71. The number of para-hydroxylation sites is 1. The molecule has 1 fully saturated rings. The predicted octanol–water partition coefficient (Wildman–Crippen LogP) is 3.27. The summed E-state index contributed by atoms with van der Waals surface area (Å²) in [5.41, 5.74) is 1.25. The summed E-state index contributed by atoms with van der Waals surface area (Å²) in [6, 6.07) is 14.8. The number of carbonyl (C=O) groups is 1. The Morgan fingerprint density at radius 3 is 2.60 bits per heavy atom. The first-order valence-corrected chi connectivity index (χ1v) is 9.39. The fourth-order valence-electron chi connectivity index (χ4n) is 3.13. The summed E-state index contributed by atoms with van der Waals surface area (Å²) >= 11 is 0. The van der Waals surface area contributed by atoms with E-state index in [9.17, 15) is 14.0 Å². The van der Waals surface area contributed by atoms with E-state index in [1.807, 2.05) is 18.2 Å². The monoisotopic (exact) mass is 403 g/mol. The van der Waals surface area contributed by atoms with Crippen LogP contribution >= 0.6 is 0 Å². The Kier molecular flexibility index (Phi) is 5.30. The summed E-state index contributed by atoms with van der Waals surface area (Å²) in [5, 5.41) is 11.7. The van der Waals surface area contributed by atoms with Crippen molar-refractivity contribution in [1.82, 2.24) is 9.78 Å². The number of benzene rings is 2. The molecule has 0 radical (unpaired) electrons. The molecule has 0 atom stereocenters. The van der Waals surface area contributed by atoms with Gasteiger partial charge in [-0.1, -0.05) is 18.2 Å². The first-order valence-electron chi connectivity index (χ1n) is 9.39. The molecule has 2 aromatic carbocycles. The smallest absolute Gasteiger partial charge is 0.228 e. The second kappa shape index (κ2) is 8.20.